The molecule has 2 nitrogen and oxygen atoms in total. The van der Waals surface area contributed by atoms with E-state index >= 15 is 0 Å². The van der Waals surface area contributed by atoms with Gasteiger partial charge in [0.05, 0.1) is 11.1 Å². The first kappa shape index (κ1) is 12.0. The van der Waals surface area contributed by atoms with Crippen molar-refractivity contribution in [3.05, 3.63) is 25.7 Å². The topological polar surface area (TPSA) is 26.3 Å². The lowest BCUT2D eigenvalue weighted by Gasteiger charge is -2.09. The van der Waals surface area contributed by atoms with Gasteiger partial charge in [-0.2, -0.15) is 0 Å². The van der Waals surface area contributed by atoms with E-state index in [2.05, 4.69) is 38.5 Å². The molecule has 0 saturated heterocycles. The highest BCUT2D eigenvalue weighted by molar-refractivity contribution is 14.1. The maximum atomic E-state index is 11.3. The van der Waals surface area contributed by atoms with E-state index in [0.717, 1.165) is 13.8 Å². The number of rotatable bonds is 3. The van der Waals surface area contributed by atoms with Crippen LogP contribution >= 0.6 is 38.5 Å². The minimum atomic E-state index is 0.0383. The monoisotopic (exact) mass is 368 g/mol. The molecule has 0 aliphatic rings. The fourth-order valence-electron chi connectivity index (χ4n) is 1.08. The Balaban J connectivity index is 3.24. The number of carbonyl (C=O) groups excluding carboxylic acids is 1. The Hall–Kier alpha value is -0.100. The molecule has 0 aromatic heterocycles. The number of halogens is 2. The van der Waals surface area contributed by atoms with E-state index < -0.39 is 0 Å². The number of Topliss-reactive ketones (excluding diaryl/α,β-unsaturated/α-hetero) is 1. The van der Waals surface area contributed by atoms with Gasteiger partial charge in [0.2, 0.25) is 0 Å². The normalized spacial score (nSPS) is 10.0. The van der Waals surface area contributed by atoms with Crippen molar-refractivity contribution in [1.82, 2.24) is 0 Å². The van der Waals surface area contributed by atoms with Gasteiger partial charge in [-0.3, -0.25) is 4.79 Å². The van der Waals surface area contributed by atoms with Crippen molar-refractivity contribution in [2.75, 3.05) is 6.61 Å². The number of benzene rings is 1. The second kappa shape index (κ2) is 5.11. The summed E-state index contributed by atoms with van der Waals surface area (Å²) >= 11 is 5.54. The molecule has 0 aliphatic carbocycles. The number of ether oxygens (including phenoxy) is 1. The Morgan fingerprint density at radius 2 is 2.21 bits per heavy atom. The summed E-state index contributed by atoms with van der Waals surface area (Å²) < 4.78 is 7.15. The van der Waals surface area contributed by atoms with Gasteiger partial charge in [-0.25, -0.2) is 0 Å². The molecule has 0 saturated carbocycles. The molecule has 0 atom stereocenters. The van der Waals surface area contributed by atoms with Crippen LogP contribution in [-0.2, 0) is 0 Å². The van der Waals surface area contributed by atoms with Gasteiger partial charge < -0.3 is 4.74 Å². The summed E-state index contributed by atoms with van der Waals surface area (Å²) in [7, 11) is 0. The van der Waals surface area contributed by atoms with E-state index in [1.807, 2.05) is 19.1 Å². The summed E-state index contributed by atoms with van der Waals surface area (Å²) in [6.45, 7) is 4.06. The minimum absolute atomic E-state index is 0.0383. The third kappa shape index (κ3) is 2.70. The lowest BCUT2D eigenvalue weighted by atomic mass is 10.1. The Bertz CT molecular complexity index is 363. The largest absolute Gasteiger partial charge is 0.493 e. The number of hydrogen-bond donors (Lipinski definition) is 0. The molecule has 0 aliphatic heterocycles. The summed E-state index contributed by atoms with van der Waals surface area (Å²) in [4.78, 5) is 11.3. The van der Waals surface area contributed by atoms with Gasteiger partial charge in [0, 0.05) is 9.13 Å². The lowest BCUT2D eigenvalue weighted by molar-refractivity contribution is 0.101. The lowest BCUT2D eigenvalue weighted by Crippen LogP contribution is -1.99. The SMILES string of the molecule is CCOc1cc(I)cc(C(C)=O)c1Br. The van der Waals surface area contributed by atoms with Crippen LogP contribution in [0.15, 0.2) is 16.6 Å². The summed E-state index contributed by atoms with van der Waals surface area (Å²) in [5.41, 5.74) is 0.667. The molecule has 14 heavy (non-hydrogen) atoms. The van der Waals surface area contributed by atoms with Crippen molar-refractivity contribution in [3.63, 3.8) is 0 Å². The van der Waals surface area contributed by atoms with Gasteiger partial charge in [0.15, 0.2) is 5.78 Å². The molecule has 0 amide bonds. The molecule has 0 fully saturated rings. The molecule has 1 rings (SSSR count). The third-order valence-electron chi connectivity index (χ3n) is 1.68. The Morgan fingerprint density at radius 3 is 2.71 bits per heavy atom. The third-order valence-corrected chi connectivity index (χ3v) is 3.12. The van der Waals surface area contributed by atoms with Crippen LogP contribution in [0.1, 0.15) is 24.2 Å². The zero-order valence-electron chi connectivity index (χ0n) is 7.93. The number of hydrogen-bond acceptors (Lipinski definition) is 2. The molecule has 1 aromatic rings. The molecule has 0 bridgehead atoms. The second-order valence-electron chi connectivity index (χ2n) is 2.75. The van der Waals surface area contributed by atoms with E-state index in [-0.39, 0.29) is 5.78 Å². The van der Waals surface area contributed by atoms with Crippen LogP contribution in [0.3, 0.4) is 0 Å². The van der Waals surface area contributed by atoms with Crippen molar-refractivity contribution in [2.24, 2.45) is 0 Å². The molecule has 0 radical (unpaired) electrons. The standard InChI is InChI=1S/C10H10BrIO2/c1-3-14-9-5-7(12)4-8(6(2)13)10(9)11/h4-5H,3H2,1-2H3. The second-order valence-corrected chi connectivity index (χ2v) is 4.79. The molecule has 0 N–H and O–H groups in total. The highest BCUT2D eigenvalue weighted by atomic mass is 127. The highest BCUT2D eigenvalue weighted by Gasteiger charge is 2.11. The van der Waals surface area contributed by atoms with Gasteiger partial charge in [-0.1, -0.05) is 0 Å². The number of carbonyl (C=O) groups is 1. The van der Waals surface area contributed by atoms with E-state index in [1.54, 1.807) is 6.92 Å². The smallest absolute Gasteiger partial charge is 0.161 e. The maximum Gasteiger partial charge on any atom is 0.161 e. The molecule has 76 valence electrons. The van der Waals surface area contributed by atoms with Crippen molar-refractivity contribution in [1.29, 1.82) is 0 Å². The molecule has 0 unspecified atom stereocenters. The van der Waals surface area contributed by atoms with Crippen LogP contribution in [0.5, 0.6) is 5.75 Å². The Morgan fingerprint density at radius 1 is 1.57 bits per heavy atom. The van der Waals surface area contributed by atoms with Gasteiger partial charge in [-0.15, -0.1) is 0 Å². The van der Waals surface area contributed by atoms with Gasteiger partial charge in [0.1, 0.15) is 5.75 Å². The average molecular weight is 369 g/mol. The van der Waals surface area contributed by atoms with Crippen molar-refractivity contribution < 1.29 is 9.53 Å². The van der Waals surface area contributed by atoms with Crippen LogP contribution in [0.4, 0.5) is 0 Å². The van der Waals surface area contributed by atoms with Gasteiger partial charge >= 0.3 is 0 Å². The zero-order chi connectivity index (χ0) is 10.7. The molecule has 4 heteroatoms. The van der Waals surface area contributed by atoms with Crippen LogP contribution in [0.2, 0.25) is 0 Å². The average Bonchev–Trinajstić information content (AvgIpc) is 2.10. The first-order valence-electron chi connectivity index (χ1n) is 4.19. The Kier molecular flexibility index (Phi) is 4.37. The molecule has 1 aromatic carbocycles. The summed E-state index contributed by atoms with van der Waals surface area (Å²) in [6.07, 6.45) is 0. The van der Waals surface area contributed by atoms with Crippen molar-refractivity contribution in [3.8, 4) is 5.75 Å². The van der Waals surface area contributed by atoms with E-state index in [1.165, 1.54) is 0 Å². The van der Waals surface area contributed by atoms with E-state index in [0.29, 0.717) is 12.2 Å². The predicted octanol–water partition coefficient (Wildman–Crippen LogP) is 3.66. The van der Waals surface area contributed by atoms with Gasteiger partial charge in [0.25, 0.3) is 0 Å². The fraction of sp³-hybridized carbons (Fsp3) is 0.300. The van der Waals surface area contributed by atoms with Crippen LogP contribution < -0.4 is 4.74 Å². The molecular weight excluding hydrogens is 359 g/mol. The first-order valence-corrected chi connectivity index (χ1v) is 6.06. The zero-order valence-corrected chi connectivity index (χ0v) is 11.7. The molecular formula is C10H10BrIO2. The molecule has 0 heterocycles. The molecule has 0 spiro atoms. The van der Waals surface area contributed by atoms with Crippen molar-refractivity contribution in [2.45, 2.75) is 13.8 Å². The summed E-state index contributed by atoms with van der Waals surface area (Å²) in [6, 6.07) is 3.75. The van der Waals surface area contributed by atoms with Crippen molar-refractivity contribution >= 4 is 44.3 Å². The maximum absolute atomic E-state index is 11.3. The Labute approximate surface area is 105 Å². The quantitative estimate of drug-likeness (QED) is 0.601. The van der Waals surface area contributed by atoms with Crippen LogP contribution in [0.25, 0.3) is 0 Å². The van der Waals surface area contributed by atoms with Gasteiger partial charge in [-0.05, 0) is 64.5 Å². The first-order chi connectivity index (χ1) is 6.56. The predicted molar refractivity (Wildman–Crippen MR) is 68.0 cm³/mol. The number of ketones is 1. The summed E-state index contributed by atoms with van der Waals surface area (Å²) in [5, 5.41) is 0. The van der Waals surface area contributed by atoms with Crippen LogP contribution in [-0.4, -0.2) is 12.4 Å². The van der Waals surface area contributed by atoms with Crippen LogP contribution in [0, 0.1) is 3.57 Å². The summed E-state index contributed by atoms with van der Waals surface area (Å²) in [5.74, 6) is 0.765. The minimum Gasteiger partial charge on any atom is -0.493 e. The highest BCUT2D eigenvalue weighted by Crippen LogP contribution is 2.31. The fourth-order valence-corrected chi connectivity index (χ4v) is 2.30. The van der Waals surface area contributed by atoms with E-state index in [4.69, 9.17) is 4.74 Å². The van der Waals surface area contributed by atoms with E-state index in [9.17, 15) is 4.79 Å².